The van der Waals surface area contributed by atoms with E-state index in [1.165, 1.54) is 97.7 Å². The maximum absolute atomic E-state index is 6.29. The summed E-state index contributed by atoms with van der Waals surface area (Å²) in [5.41, 5.74) is 12.7. The summed E-state index contributed by atoms with van der Waals surface area (Å²) in [5, 5.41) is 21.6. The molecule has 0 aliphatic carbocycles. The lowest BCUT2D eigenvalue weighted by Crippen LogP contribution is -2.41. The summed E-state index contributed by atoms with van der Waals surface area (Å²) in [6.07, 6.45) is 3.75. The number of aromatic nitrogens is 4. The SMILES string of the molecule is CC1(C)OB(c2ccnc(-c3nc4ccccc4c4c3ccc3ccccc34)c2)OC1(C)C.c1ccc2cc(-c3c4ccccc4c(-c4ccc5ccccc5c4)c4cc(-c5ccnc(-c6nc7ccccc7c7c6ccc6ccccc67)c5)ccc34)ccc2c1. The second kappa shape index (κ2) is 21.4. The quantitative estimate of drug-likeness (QED) is 0.0939. The predicted molar refractivity (Wildman–Crippen MR) is 382 cm³/mol. The van der Waals surface area contributed by atoms with Crippen molar-refractivity contribution in [1.29, 1.82) is 0 Å². The van der Waals surface area contributed by atoms with Crippen LogP contribution < -0.4 is 5.46 Å². The van der Waals surface area contributed by atoms with Crippen LogP contribution in [0, 0.1) is 0 Å². The molecule has 7 heteroatoms. The van der Waals surface area contributed by atoms with Gasteiger partial charge in [-0.15, -0.1) is 0 Å². The molecular weight excluding hydrogens is 1110 g/mol. The Hall–Kier alpha value is -11.0. The van der Waals surface area contributed by atoms with Crippen molar-refractivity contribution < 1.29 is 9.31 Å². The van der Waals surface area contributed by atoms with Gasteiger partial charge >= 0.3 is 7.12 Å². The molecule has 5 heterocycles. The van der Waals surface area contributed by atoms with Crippen molar-refractivity contribution >= 4 is 121 Å². The van der Waals surface area contributed by atoms with Crippen molar-refractivity contribution in [2.45, 2.75) is 38.9 Å². The van der Waals surface area contributed by atoms with Crippen LogP contribution in [0.3, 0.4) is 0 Å². The molecule has 0 bridgehead atoms. The van der Waals surface area contributed by atoms with Crippen LogP contribution in [0.1, 0.15) is 27.7 Å². The van der Waals surface area contributed by atoms with Gasteiger partial charge < -0.3 is 9.31 Å². The lowest BCUT2D eigenvalue weighted by atomic mass is 9.79. The van der Waals surface area contributed by atoms with Gasteiger partial charge in [0.05, 0.1) is 45.0 Å². The molecule has 17 aromatic rings. The molecular formula is C84H59BN4O2. The summed E-state index contributed by atoms with van der Waals surface area (Å²) in [5.74, 6) is 0. The molecule has 18 rings (SSSR count). The van der Waals surface area contributed by atoms with E-state index in [1.807, 2.05) is 30.6 Å². The van der Waals surface area contributed by atoms with Crippen molar-refractivity contribution in [3.05, 3.63) is 285 Å². The number of pyridine rings is 4. The highest BCUT2D eigenvalue weighted by Gasteiger charge is 2.51. The minimum Gasteiger partial charge on any atom is -0.399 e. The Bertz CT molecular complexity index is 5790. The first-order chi connectivity index (χ1) is 44.6. The average molecular weight is 1170 g/mol. The Balaban J connectivity index is 0.000000163. The van der Waals surface area contributed by atoms with Crippen LogP contribution in [0.4, 0.5) is 0 Å². The highest BCUT2D eigenvalue weighted by Crippen LogP contribution is 2.47. The molecule has 13 aromatic carbocycles. The molecule has 6 nitrogen and oxygen atoms in total. The fourth-order valence-corrected chi connectivity index (χ4v) is 13.9. The number of hydrogen-bond acceptors (Lipinski definition) is 6. The van der Waals surface area contributed by atoms with E-state index in [-0.39, 0.29) is 0 Å². The van der Waals surface area contributed by atoms with Crippen LogP contribution in [0.2, 0.25) is 0 Å². The van der Waals surface area contributed by atoms with E-state index < -0.39 is 18.3 Å². The molecule has 1 saturated heterocycles. The Labute approximate surface area is 527 Å². The van der Waals surface area contributed by atoms with E-state index >= 15 is 0 Å². The molecule has 0 saturated carbocycles. The van der Waals surface area contributed by atoms with E-state index in [4.69, 9.17) is 29.2 Å². The van der Waals surface area contributed by atoms with Crippen LogP contribution in [0.5, 0.6) is 0 Å². The van der Waals surface area contributed by atoms with Crippen LogP contribution >= 0.6 is 0 Å². The maximum atomic E-state index is 6.29. The van der Waals surface area contributed by atoms with Gasteiger partial charge in [-0.05, 0) is 186 Å². The molecule has 0 N–H and O–H groups in total. The van der Waals surface area contributed by atoms with Gasteiger partial charge in [-0.1, -0.05) is 218 Å². The van der Waals surface area contributed by atoms with Crippen LogP contribution in [0.25, 0.3) is 164 Å². The number of benzene rings is 13. The molecule has 1 aliphatic heterocycles. The van der Waals surface area contributed by atoms with Crippen LogP contribution in [0.15, 0.2) is 285 Å². The molecule has 430 valence electrons. The van der Waals surface area contributed by atoms with E-state index in [1.54, 1.807) is 0 Å². The third kappa shape index (κ3) is 9.18. The largest absolute Gasteiger partial charge is 0.494 e. The number of hydrogen-bond donors (Lipinski definition) is 0. The standard InChI is InChI=1S/C56H34N2.C28H25BN2O2/c1-3-14-38-31-42(23-21-35(38)11-1)53-45-17-7-8-18-46(45)54(43-24-22-36-12-2-4-15-39(36)32-43)50-33-40(26-27-47(50)53)41-29-30-57-52(34-41)56-49-28-25-37-13-5-6-16-44(37)55(49)48-19-9-10-20-51(48)58-56;1-27(2)28(3,4)33-29(32-27)19-15-16-30-24(17-19)26-22-14-13-18-9-5-6-10-20(18)25(22)21-11-7-8-12-23(21)31-26/h1-34H;5-17H,1-4H3. The monoisotopic (exact) mass is 1170 g/mol. The topological polar surface area (TPSA) is 70.0 Å². The van der Waals surface area contributed by atoms with Crippen molar-refractivity contribution in [2.24, 2.45) is 0 Å². The van der Waals surface area contributed by atoms with Crippen molar-refractivity contribution in [3.8, 4) is 56.2 Å². The Morgan fingerprint density at radius 1 is 0.286 bits per heavy atom. The molecule has 0 amide bonds. The lowest BCUT2D eigenvalue weighted by Gasteiger charge is -2.32. The van der Waals surface area contributed by atoms with Gasteiger partial charge in [0.1, 0.15) is 0 Å². The van der Waals surface area contributed by atoms with Crippen molar-refractivity contribution in [3.63, 3.8) is 0 Å². The zero-order valence-corrected chi connectivity index (χ0v) is 50.8. The summed E-state index contributed by atoms with van der Waals surface area (Å²) < 4.78 is 12.6. The summed E-state index contributed by atoms with van der Waals surface area (Å²) in [6.45, 7) is 8.27. The van der Waals surface area contributed by atoms with Gasteiger partial charge in [0.25, 0.3) is 0 Å². The first-order valence-corrected chi connectivity index (χ1v) is 31.3. The zero-order valence-electron chi connectivity index (χ0n) is 50.8. The molecule has 0 spiro atoms. The van der Waals surface area contributed by atoms with Crippen molar-refractivity contribution in [1.82, 2.24) is 19.9 Å². The van der Waals surface area contributed by atoms with E-state index in [0.717, 1.165) is 71.9 Å². The number of fused-ring (bicyclic) bond motifs is 14. The predicted octanol–water partition coefficient (Wildman–Crippen LogP) is 21.1. The minimum atomic E-state index is -0.440. The normalized spacial score (nSPS) is 13.8. The number of rotatable bonds is 6. The molecule has 0 atom stereocenters. The summed E-state index contributed by atoms with van der Waals surface area (Å²) in [4.78, 5) is 20.0. The molecule has 0 unspecified atom stereocenters. The fraction of sp³-hybridized carbons (Fsp3) is 0.0714. The zero-order chi connectivity index (χ0) is 61.0. The first kappa shape index (κ1) is 54.2. The highest BCUT2D eigenvalue weighted by atomic mass is 16.7. The lowest BCUT2D eigenvalue weighted by molar-refractivity contribution is 0.00578. The Morgan fingerprint density at radius 2 is 0.670 bits per heavy atom. The molecule has 4 aromatic heterocycles. The first-order valence-electron chi connectivity index (χ1n) is 31.3. The van der Waals surface area contributed by atoms with Crippen molar-refractivity contribution in [2.75, 3.05) is 0 Å². The van der Waals surface area contributed by atoms with Gasteiger partial charge in [0, 0.05) is 44.7 Å². The highest BCUT2D eigenvalue weighted by molar-refractivity contribution is 6.62. The molecule has 0 radical (unpaired) electrons. The van der Waals surface area contributed by atoms with E-state index in [2.05, 4.69) is 282 Å². The summed E-state index contributed by atoms with van der Waals surface area (Å²) in [7, 11) is -0.440. The fourth-order valence-electron chi connectivity index (χ4n) is 13.9. The average Bonchev–Trinajstić information content (AvgIpc) is 1.46. The minimum absolute atomic E-state index is 0.395. The van der Waals surface area contributed by atoms with Gasteiger partial charge in [0.15, 0.2) is 0 Å². The molecule has 1 aliphatic rings. The van der Waals surface area contributed by atoms with Crippen LogP contribution in [-0.4, -0.2) is 38.3 Å². The van der Waals surface area contributed by atoms with E-state index in [9.17, 15) is 0 Å². The second-order valence-corrected chi connectivity index (χ2v) is 25.0. The van der Waals surface area contributed by atoms with Gasteiger partial charge in [-0.25, -0.2) is 9.97 Å². The smallest absolute Gasteiger partial charge is 0.399 e. The summed E-state index contributed by atoms with van der Waals surface area (Å²) >= 11 is 0. The number of nitrogens with zero attached hydrogens (tertiary/aromatic N) is 4. The van der Waals surface area contributed by atoms with Gasteiger partial charge in [-0.2, -0.15) is 0 Å². The van der Waals surface area contributed by atoms with Gasteiger partial charge in [0.2, 0.25) is 0 Å². The Morgan fingerprint density at radius 3 is 1.21 bits per heavy atom. The van der Waals surface area contributed by atoms with Crippen LogP contribution in [-0.2, 0) is 9.31 Å². The third-order valence-corrected chi connectivity index (χ3v) is 19.2. The second-order valence-electron chi connectivity index (χ2n) is 25.0. The van der Waals surface area contributed by atoms with Gasteiger partial charge in [-0.3, -0.25) is 9.97 Å². The maximum Gasteiger partial charge on any atom is 0.494 e. The third-order valence-electron chi connectivity index (χ3n) is 19.2. The Kier molecular flexibility index (Phi) is 12.7. The summed E-state index contributed by atoms with van der Waals surface area (Å²) in [6, 6.07) is 98.0. The number of para-hydroxylation sites is 2. The van der Waals surface area contributed by atoms with E-state index in [0.29, 0.717) is 0 Å². The molecule has 91 heavy (non-hydrogen) atoms. The molecule has 1 fully saturated rings.